The molecule has 1 amide bonds. The molecule has 1 aromatic rings. The van der Waals surface area contributed by atoms with Crippen LogP contribution in [0.15, 0.2) is 18.2 Å². The lowest BCUT2D eigenvalue weighted by atomic mass is 9.87. The molecule has 5 heteroatoms. The number of nitrogens with zero attached hydrogens (tertiary/aromatic N) is 2. The van der Waals surface area contributed by atoms with Gasteiger partial charge in [-0.3, -0.25) is 9.80 Å². The molecule has 3 nitrogen and oxygen atoms in total. The molecule has 1 aliphatic heterocycles. The van der Waals surface area contributed by atoms with Gasteiger partial charge in [0.25, 0.3) is 0 Å². The number of hydrogen-bond acceptors (Lipinski definition) is 2. The molecule has 1 saturated heterocycles. The van der Waals surface area contributed by atoms with E-state index in [1.54, 1.807) is 5.01 Å². The van der Waals surface area contributed by atoms with Gasteiger partial charge in [0.15, 0.2) is 11.6 Å². The fourth-order valence-electron chi connectivity index (χ4n) is 2.73. The number of hydrogen-bond donors (Lipinski definition) is 0. The van der Waals surface area contributed by atoms with E-state index >= 15 is 0 Å². The van der Waals surface area contributed by atoms with Crippen molar-refractivity contribution in [2.75, 3.05) is 13.6 Å². The zero-order valence-electron chi connectivity index (χ0n) is 12.3. The molecule has 0 aromatic heterocycles. The first-order chi connectivity index (χ1) is 9.30. The molecule has 110 valence electrons. The van der Waals surface area contributed by atoms with Gasteiger partial charge in [-0.25, -0.2) is 13.8 Å². The molecular formula is C15H20F2N2O. The second-order valence-electron chi connectivity index (χ2n) is 5.73. The first-order valence-corrected chi connectivity index (χ1v) is 6.80. The van der Waals surface area contributed by atoms with Crippen LogP contribution in [0.2, 0.25) is 0 Å². The van der Waals surface area contributed by atoms with Gasteiger partial charge in [0.2, 0.25) is 5.91 Å². The van der Waals surface area contributed by atoms with E-state index in [2.05, 4.69) is 0 Å². The van der Waals surface area contributed by atoms with Crippen LogP contribution in [0.25, 0.3) is 0 Å². The fraction of sp³-hybridized carbons (Fsp3) is 0.533. The van der Waals surface area contributed by atoms with Crippen molar-refractivity contribution >= 4 is 5.91 Å². The molecule has 0 radical (unpaired) electrons. The molecule has 0 aliphatic carbocycles. The Bertz CT molecular complexity index is 535. The number of amides is 1. The van der Waals surface area contributed by atoms with Crippen LogP contribution in [0.5, 0.6) is 0 Å². The van der Waals surface area contributed by atoms with Gasteiger partial charge in [0, 0.05) is 13.6 Å². The van der Waals surface area contributed by atoms with Gasteiger partial charge < -0.3 is 0 Å². The Morgan fingerprint density at radius 2 is 2.00 bits per heavy atom. The van der Waals surface area contributed by atoms with E-state index < -0.39 is 17.0 Å². The minimum Gasteiger partial charge on any atom is -0.273 e. The maximum atomic E-state index is 13.3. The predicted octanol–water partition coefficient (Wildman–Crippen LogP) is 3.13. The van der Waals surface area contributed by atoms with Gasteiger partial charge in [0.05, 0.1) is 11.5 Å². The van der Waals surface area contributed by atoms with Crippen molar-refractivity contribution in [3.05, 3.63) is 35.4 Å². The van der Waals surface area contributed by atoms with E-state index in [0.29, 0.717) is 12.1 Å². The largest absolute Gasteiger partial charge is 0.273 e. The Labute approximate surface area is 118 Å². The van der Waals surface area contributed by atoms with Crippen LogP contribution in [-0.4, -0.2) is 29.5 Å². The van der Waals surface area contributed by atoms with Gasteiger partial charge in [-0.05, 0) is 38.0 Å². The van der Waals surface area contributed by atoms with Crippen molar-refractivity contribution in [2.45, 2.75) is 33.2 Å². The highest BCUT2D eigenvalue weighted by Gasteiger charge is 2.46. The van der Waals surface area contributed by atoms with Crippen LogP contribution < -0.4 is 0 Å². The number of hydrazine groups is 1. The summed E-state index contributed by atoms with van der Waals surface area (Å²) in [6, 6.07) is 3.45. The highest BCUT2D eigenvalue weighted by Crippen LogP contribution is 2.37. The van der Waals surface area contributed by atoms with Gasteiger partial charge in [-0.15, -0.1) is 0 Å². The van der Waals surface area contributed by atoms with E-state index in [0.717, 1.165) is 18.6 Å². The molecule has 2 rings (SSSR count). The highest BCUT2D eigenvalue weighted by atomic mass is 19.2. The molecular weight excluding hydrogens is 262 g/mol. The summed E-state index contributed by atoms with van der Waals surface area (Å²) in [5.41, 5.74) is 0.172. The van der Waals surface area contributed by atoms with E-state index in [9.17, 15) is 13.6 Å². The van der Waals surface area contributed by atoms with Crippen LogP contribution in [0.1, 0.15) is 38.8 Å². The summed E-state index contributed by atoms with van der Waals surface area (Å²) in [4.78, 5) is 12.6. The third-order valence-electron chi connectivity index (χ3n) is 4.24. The summed E-state index contributed by atoms with van der Waals surface area (Å²) < 4.78 is 26.4. The normalized spacial score (nSPS) is 25.3. The van der Waals surface area contributed by atoms with Crippen molar-refractivity contribution in [1.82, 2.24) is 10.0 Å². The molecule has 0 saturated carbocycles. The molecule has 1 aliphatic rings. The first-order valence-electron chi connectivity index (χ1n) is 6.80. The van der Waals surface area contributed by atoms with Crippen molar-refractivity contribution in [3.63, 3.8) is 0 Å². The second kappa shape index (κ2) is 5.13. The average molecular weight is 282 g/mol. The van der Waals surface area contributed by atoms with Gasteiger partial charge in [0.1, 0.15) is 0 Å². The Morgan fingerprint density at radius 1 is 1.35 bits per heavy atom. The summed E-state index contributed by atoms with van der Waals surface area (Å²) >= 11 is 0. The molecule has 0 bridgehead atoms. The molecule has 0 spiro atoms. The molecule has 1 fully saturated rings. The number of benzene rings is 1. The third-order valence-corrected chi connectivity index (χ3v) is 4.24. The zero-order chi connectivity index (χ0) is 15.1. The quantitative estimate of drug-likeness (QED) is 0.850. The lowest BCUT2D eigenvalue weighted by molar-refractivity contribution is -0.145. The molecule has 1 heterocycles. The van der Waals surface area contributed by atoms with Crippen molar-refractivity contribution in [3.8, 4) is 0 Å². The van der Waals surface area contributed by atoms with Gasteiger partial charge in [-0.2, -0.15) is 0 Å². The Morgan fingerprint density at radius 3 is 2.50 bits per heavy atom. The second-order valence-corrected chi connectivity index (χ2v) is 5.73. The third kappa shape index (κ3) is 2.30. The van der Waals surface area contributed by atoms with Crippen LogP contribution in [-0.2, 0) is 4.79 Å². The summed E-state index contributed by atoms with van der Waals surface area (Å²) in [7, 11) is 1.84. The zero-order valence-corrected chi connectivity index (χ0v) is 12.3. The van der Waals surface area contributed by atoms with Gasteiger partial charge in [-0.1, -0.05) is 13.0 Å². The summed E-state index contributed by atoms with van der Waals surface area (Å²) in [6.45, 7) is 6.38. The molecule has 2 atom stereocenters. The van der Waals surface area contributed by atoms with Crippen molar-refractivity contribution in [1.29, 1.82) is 0 Å². The Balaban J connectivity index is 2.31. The lowest BCUT2D eigenvalue weighted by Gasteiger charge is -2.31. The van der Waals surface area contributed by atoms with E-state index in [1.165, 1.54) is 6.07 Å². The summed E-state index contributed by atoms with van der Waals surface area (Å²) in [5, 5.41) is 3.49. The van der Waals surface area contributed by atoms with Crippen LogP contribution in [0.3, 0.4) is 0 Å². The number of carbonyl (C=O) groups excluding carboxylic acids is 1. The predicted molar refractivity (Wildman–Crippen MR) is 72.6 cm³/mol. The topological polar surface area (TPSA) is 23.6 Å². The van der Waals surface area contributed by atoms with Crippen molar-refractivity contribution in [2.24, 2.45) is 5.41 Å². The average Bonchev–Trinajstić information content (AvgIpc) is 2.63. The maximum absolute atomic E-state index is 13.3. The van der Waals surface area contributed by atoms with Crippen LogP contribution in [0, 0.1) is 17.0 Å². The van der Waals surface area contributed by atoms with Crippen LogP contribution in [0.4, 0.5) is 8.78 Å². The lowest BCUT2D eigenvalue weighted by Crippen LogP contribution is -2.39. The highest BCUT2D eigenvalue weighted by molar-refractivity contribution is 5.84. The standard InChI is InChI=1S/C15H20F2N2O/c1-5-15(3)9-18(4)19(14(15)20)10(2)11-6-7-12(16)13(17)8-11/h6-8,10H,5,9H2,1-4H3. The summed E-state index contributed by atoms with van der Waals surface area (Å²) in [6.07, 6.45) is 0.747. The van der Waals surface area contributed by atoms with Crippen molar-refractivity contribution < 1.29 is 13.6 Å². The molecule has 20 heavy (non-hydrogen) atoms. The molecule has 0 N–H and O–H groups in total. The number of carbonyl (C=O) groups is 1. The Kier molecular flexibility index (Phi) is 3.82. The number of halogens is 2. The Hall–Kier alpha value is -1.49. The van der Waals surface area contributed by atoms with E-state index in [-0.39, 0.29) is 11.9 Å². The molecule has 1 aromatic carbocycles. The van der Waals surface area contributed by atoms with Gasteiger partial charge >= 0.3 is 0 Å². The summed E-state index contributed by atoms with van der Waals surface area (Å²) in [5.74, 6) is -1.73. The minimum atomic E-state index is -0.887. The van der Waals surface area contributed by atoms with Crippen LogP contribution >= 0.6 is 0 Å². The molecule has 2 unspecified atom stereocenters. The first kappa shape index (κ1) is 14.9. The maximum Gasteiger partial charge on any atom is 0.244 e. The SMILES string of the molecule is CCC1(C)CN(C)N(C(C)c2ccc(F)c(F)c2)C1=O. The van der Waals surface area contributed by atoms with E-state index in [1.807, 2.05) is 32.8 Å². The fourth-order valence-corrected chi connectivity index (χ4v) is 2.73. The monoisotopic (exact) mass is 282 g/mol. The van der Waals surface area contributed by atoms with E-state index in [4.69, 9.17) is 0 Å². The smallest absolute Gasteiger partial charge is 0.244 e. The minimum absolute atomic E-state index is 0.0275. The number of rotatable bonds is 3.